The number of fused-ring (bicyclic) bond motifs is 2. The van der Waals surface area contributed by atoms with Crippen LogP contribution in [0.4, 0.5) is 28.4 Å². The average molecular weight is 1040 g/mol. The van der Waals surface area contributed by atoms with Gasteiger partial charge in [0, 0.05) is 64.4 Å². The Hall–Kier alpha value is -5.08. The lowest BCUT2D eigenvalue weighted by Crippen LogP contribution is -2.59. The normalized spacial score (nSPS) is 20.1. The first-order valence-electron chi connectivity index (χ1n) is 22.2. The van der Waals surface area contributed by atoms with Crippen LogP contribution in [0, 0.1) is 6.92 Å². The first-order chi connectivity index (χ1) is 32.9. The van der Waals surface area contributed by atoms with E-state index < -0.39 is 63.1 Å². The van der Waals surface area contributed by atoms with Crippen molar-refractivity contribution < 1.29 is 45.7 Å². The van der Waals surface area contributed by atoms with Crippen molar-refractivity contribution in [3.63, 3.8) is 0 Å². The summed E-state index contributed by atoms with van der Waals surface area (Å²) < 4.78 is 78.2. The van der Waals surface area contributed by atoms with E-state index in [4.69, 9.17) is 41.8 Å². The molecular formula is C44H51Cl2N7O14S2. The molecule has 5 N–H and O–H groups in total. The van der Waals surface area contributed by atoms with Crippen LogP contribution < -0.4 is 42.4 Å². The zero-order chi connectivity index (χ0) is 49.5. The van der Waals surface area contributed by atoms with Crippen LogP contribution in [0.15, 0.2) is 69.8 Å². The molecule has 25 heteroatoms. The summed E-state index contributed by atoms with van der Waals surface area (Å²) in [6, 6.07) is 8.39. The van der Waals surface area contributed by atoms with E-state index in [1.54, 1.807) is 26.0 Å². The average Bonchev–Trinajstić information content (AvgIpc) is 3.78. The quantitative estimate of drug-likeness (QED) is 0.0790. The Kier molecular flexibility index (Phi) is 14.8. The first-order valence-corrected chi connectivity index (χ1v) is 25.8. The maximum Gasteiger partial charge on any atom is 0.272 e. The van der Waals surface area contributed by atoms with E-state index in [0.29, 0.717) is 57.5 Å². The molecule has 4 aliphatic rings. The molecular weight excluding hydrogens is 986 g/mol. The number of halogens is 2. The Morgan fingerprint density at radius 1 is 0.681 bits per heavy atom. The highest BCUT2D eigenvalue weighted by molar-refractivity contribution is 7.89. The van der Waals surface area contributed by atoms with Gasteiger partial charge in [-0.1, -0.05) is 30.1 Å². The number of anilines is 5. The molecule has 0 spiro atoms. The summed E-state index contributed by atoms with van der Waals surface area (Å²) in [5, 5.41) is 29.9. The van der Waals surface area contributed by atoms with Gasteiger partial charge in [0.25, 0.3) is 21.7 Å². The molecule has 1 aromatic heterocycles. The van der Waals surface area contributed by atoms with Crippen molar-refractivity contribution in [2.24, 2.45) is 0 Å². The molecule has 4 aromatic carbocycles. The number of piperazine rings is 2. The number of aryl methyl sites for hydroxylation is 1. The van der Waals surface area contributed by atoms with Crippen molar-refractivity contribution >= 4 is 71.7 Å². The van der Waals surface area contributed by atoms with Crippen LogP contribution in [0.3, 0.4) is 0 Å². The molecule has 0 bridgehead atoms. The van der Waals surface area contributed by atoms with Crippen LogP contribution in [0.2, 0.25) is 10.0 Å². The molecule has 9 rings (SSSR count). The smallest absolute Gasteiger partial charge is 0.272 e. The van der Waals surface area contributed by atoms with Crippen molar-refractivity contribution in [2.45, 2.75) is 55.1 Å². The number of hydrogen-bond donors (Lipinski definition) is 5. The molecule has 69 heavy (non-hydrogen) atoms. The minimum absolute atomic E-state index is 0.0306. The minimum Gasteiger partial charge on any atom is -0.504 e. The van der Waals surface area contributed by atoms with Gasteiger partial charge < -0.3 is 44.8 Å². The summed E-state index contributed by atoms with van der Waals surface area (Å²) in [6.07, 6.45) is 0.569. The number of nitrogens with zero attached hydrogens (tertiary/aromatic N) is 4. The Morgan fingerprint density at radius 3 is 1.65 bits per heavy atom. The third-order valence-corrected chi connectivity index (χ3v) is 17.3. The van der Waals surface area contributed by atoms with Gasteiger partial charge in [0.15, 0.2) is 17.2 Å². The lowest BCUT2D eigenvalue weighted by atomic mass is 10.1. The van der Waals surface area contributed by atoms with Gasteiger partial charge in [0.2, 0.25) is 20.0 Å². The highest BCUT2D eigenvalue weighted by Crippen LogP contribution is 2.42. The van der Waals surface area contributed by atoms with Gasteiger partial charge in [-0.3, -0.25) is 29.0 Å². The zero-order valence-corrected chi connectivity index (χ0v) is 40.9. The van der Waals surface area contributed by atoms with Crippen molar-refractivity contribution in [3.05, 3.63) is 98.9 Å². The lowest BCUT2D eigenvalue weighted by Gasteiger charge is -2.43. The number of nitrogens with one attached hydrogen (secondary N) is 3. The number of morpholine rings is 2. The SMILES string of the molecule is CCOc1c(Nc2ccc(Cl)c(S(=O)(=O)N3CCN4CCOCC4C3)c2O)c(=O)c1=O.CC[C@@H](Nc1c(Nc2ccc(Cl)c(S(=O)(=O)N3CCN4CCOCC4C3)c2O)c(=O)c1=O)c1ccc(C)o1. The number of sulfonamides is 2. The van der Waals surface area contributed by atoms with Crippen molar-refractivity contribution in [1.82, 2.24) is 18.4 Å². The van der Waals surface area contributed by atoms with E-state index in [-0.39, 0.29) is 95.1 Å². The number of ether oxygens (including phenoxy) is 3. The molecule has 0 amide bonds. The number of hydrogen-bond acceptors (Lipinski definition) is 19. The van der Waals surface area contributed by atoms with Gasteiger partial charge in [-0.25, -0.2) is 16.8 Å². The van der Waals surface area contributed by atoms with Gasteiger partial charge in [0.1, 0.15) is 38.4 Å². The minimum atomic E-state index is -4.18. The molecule has 21 nitrogen and oxygen atoms in total. The molecule has 3 atom stereocenters. The molecule has 0 radical (unpaired) electrons. The van der Waals surface area contributed by atoms with Crippen LogP contribution in [0.25, 0.3) is 0 Å². The second kappa shape index (κ2) is 20.3. The standard InChI is InChI=1S/C25H29ClN4O7S.C19H22ClN3O7S/c1-3-17(19-7-4-14(2)37-19)27-20-21(24(33)23(20)32)28-18-6-5-16(26)25(22(18)31)38(34,35)30-9-8-29-10-11-36-13-15(29)12-30;1-2-30-18-14(16(25)17(18)26)21-13-4-3-12(20)19(15(13)24)31(27,28)23-6-5-22-7-8-29-10-11(22)9-23/h4-7,15,17,27-28,31H,3,8-13H2,1-2H3;3-4,11,21,24H,2,5-10H2,1H3/t15?,17-;/m1./s1. The van der Waals surface area contributed by atoms with E-state index >= 15 is 0 Å². The Bertz CT molecular complexity index is 3120. The predicted octanol–water partition coefficient (Wildman–Crippen LogP) is 3.04. The van der Waals surface area contributed by atoms with E-state index in [2.05, 4.69) is 25.8 Å². The molecule has 4 fully saturated rings. The molecule has 2 unspecified atom stereocenters. The maximum atomic E-state index is 13.6. The molecule has 4 aliphatic heterocycles. The van der Waals surface area contributed by atoms with E-state index in [0.717, 1.165) is 13.1 Å². The second-order valence-corrected chi connectivity index (χ2v) is 21.4. The second-order valence-electron chi connectivity index (χ2n) is 16.8. The van der Waals surface area contributed by atoms with Gasteiger partial charge in [-0.2, -0.15) is 8.61 Å². The summed E-state index contributed by atoms with van der Waals surface area (Å²) >= 11 is 12.5. The highest BCUT2D eigenvalue weighted by atomic mass is 35.5. The fraction of sp³-hybridized carbons (Fsp3) is 0.455. The maximum absolute atomic E-state index is 13.6. The van der Waals surface area contributed by atoms with Crippen LogP contribution in [-0.4, -0.2) is 143 Å². The molecule has 5 heterocycles. The van der Waals surface area contributed by atoms with Crippen LogP contribution in [-0.2, 0) is 29.5 Å². The van der Waals surface area contributed by atoms with E-state index in [1.165, 1.54) is 32.9 Å². The van der Waals surface area contributed by atoms with Crippen LogP contribution in [0.1, 0.15) is 37.8 Å². The first kappa shape index (κ1) is 50.3. The van der Waals surface area contributed by atoms with Gasteiger partial charge in [-0.05, 0) is 56.7 Å². The topological polar surface area (TPSA) is 267 Å². The van der Waals surface area contributed by atoms with Gasteiger partial charge in [-0.15, -0.1) is 0 Å². The summed E-state index contributed by atoms with van der Waals surface area (Å²) in [5.74, 6) is -0.103. The third kappa shape index (κ3) is 9.73. The third-order valence-electron chi connectivity index (χ3n) is 12.6. The summed E-state index contributed by atoms with van der Waals surface area (Å²) in [4.78, 5) is 51.8. The fourth-order valence-electron chi connectivity index (χ4n) is 8.79. The number of furan rings is 1. The van der Waals surface area contributed by atoms with Crippen LogP contribution in [0.5, 0.6) is 17.2 Å². The number of rotatable bonds is 14. The molecule has 5 aromatic rings. The van der Waals surface area contributed by atoms with Gasteiger partial charge in [0.05, 0.1) is 60.5 Å². The van der Waals surface area contributed by atoms with Gasteiger partial charge >= 0.3 is 0 Å². The largest absolute Gasteiger partial charge is 0.504 e. The predicted molar refractivity (Wildman–Crippen MR) is 257 cm³/mol. The number of phenolic OH excluding ortho intramolecular Hbond substituents is 2. The van der Waals surface area contributed by atoms with Crippen LogP contribution >= 0.6 is 23.2 Å². The molecule has 4 saturated heterocycles. The summed E-state index contributed by atoms with van der Waals surface area (Å²) in [6.45, 7) is 11.1. The monoisotopic (exact) mass is 1040 g/mol. The number of phenols is 2. The highest BCUT2D eigenvalue weighted by Gasteiger charge is 2.40. The molecule has 372 valence electrons. The molecule has 0 aliphatic carbocycles. The lowest BCUT2D eigenvalue weighted by molar-refractivity contribution is -0.0305. The molecule has 0 saturated carbocycles. The van der Waals surface area contributed by atoms with Crippen molar-refractivity contribution in [2.75, 3.05) is 101 Å². The summed E-state index contributed by atoms with van der Waals surface area (Å²) in [7, 11) is -8.32. The van der Waals surface area contributed by atoms with Crippen molar-refractivity contribution in [3.8, 4) is 17.2 Å². The van der Waals surface area contributed by atoms with Crippen molar-refractivity contribution in [1.29, 1.82) is 0 Å². The van der Waals surface area contributed by atoms with E-state index in [1.807, 2.05) is 6.92 Å². The number of benzene rings is 2. The van der Waals surface area contributed by atoms with E-state index in [9.17, 15) is 46.2 Å². The summed E-state index contributed by atoms with van der Waals surface area (Å²) in [5.41, 5.74) is -3.42. The fourth-order valence-corrected chi connectivity index (χ4v) is 12.9. The Labute approximate surface area is 406 Å². The Morgan fingerprint density at radius 2 is 1.17 bits per heavy atom. The number of aromatic hydroxyl groups is 2. The Balaban J connectivity index is 0.000000190. The zero-order valence-electron chi connectivity index (χ0n) is 37.8.